The largest absolute Gasteiger partial charge is 0.507 e. The lowest BCUT2D eigenvalue weighted by Gasteiger charge is -2.29. The van der Waals surface area contributed by atoms with Gasteiger partial charge in [-0.3, -0.25) is 4.79 Å². The van der Waals surface area contributed by atoms with E-state index < -0.39 is 5.92 Å². The Morgan fingerprint density at radius 3 is 2.46 bits per heavy atom. The third kappa shape index (κ3) is 4.70. The number of fused-ring (bicyclic) bond motifs is 1. The first kappa shape index (κ1) is 24.2. The van der Waals surface area contributed by atoms with E-state index in [1.807, 2.05) is 54.6 Å². The van der Waals surface area contributed by atoms with Crippen LogP contribution in [0.15, 0.2) is 71.8 Å². The molecule has 1 aliphatic carbocycles. The number of phenolic OH excluding ortho intramolecular Hbond substituents is 1. The van der Waals surface area contributed by atoms with E-state index in [2.05, 4.69) is 10.5 Å². The third-order valence-corrected chi connectivity index (χ3v) is 6.75. The third-order valence-electron chi connectivity index (χ3n) is 6.75. The van der Waals surface area contributed by atoms with Gasteiger partial charge in [-0.1, -0.05) is 36.4 Å². The van der Waals surface area contributed by atoms with Gasteiger partial charge in [0.05, 0.1) is 38.5 Å². The fourth-order valence-corrected chi connectivity index (χ4v) is 4.93. The zero-order chi connectivity index (χ0) is 25.9. The fraction of sp³-hybridized carbons (Fsp3) is 0.241. The van der Waals surface area contributed by atoms with Crippen LogP contribution in [0, 0.1) is 5.92 Å². The van der Waals surface area contributed by atoms with Gasteiger partial charge in [0, 0.05) is 18.1 Å². The number of allylic oxidation sites excluding steroid dienone is 2. The van der Waals surface area contributed by atoms with Gasteiger partial charge in [0.1, 0.15) is 23.9 Å². The van der Waals surface area contributed by atoms with Crippen LogP contribution >= 0.6 is 0 Å². The van der Waals surface area contributed by atoms with Gasteiger partial charge < -0.3 is 24.1 Å². The average molecular weight is 501 g/mol. The molecular formula is C29H28N2O6. The van der Waals surface area contributed by atoms with Crippen LogP contribution in [0.4, 0.5) is 0 Å². The summed E-state index contributed by atoms with van der Waals surface area (Å²) in [6, 6.07) is 18.9. The second-order valence-electron chi connectivity index (χ2n) is 8.88. The number of amides is 1. The van der Waals surface area contributed by atoms with Crippen molar-refractivity contribution in [2.75, 3.05) is 21.3 Å². The first-order chi connectivity index (χ1) is 18.0. The fourth-order valence-electron chi connectivity index (χ4n) is 4.93. The maximum absolute atomic E-state index is 12.8. The lowest BCUT2D eigenvalue weighted by atomic mass is 9.73. The minimum atomic E-state index is -0.467. The SMILES string of the molecule is COc1cc(O)c(C2=CC3=NNC(=O)C3C(c3ccc(OC)c(OCc4ccccc4)c3)C2)c(OC)c1. The second kappa shape index (κ2) is 10.3. The van der Waals surface area contributed by atoms with E-state index in [1.54, 1.807) is 26.4 Å². The second-order valence-corrected chi connectivity index (χ2v) is 8.88. The Kier molecular flexibility index (Phi) is 6.72. The Hall–Kier alpha value is -4.46. The van der Waals surface area contributed by atoms with Crippen LogP contribution in [0.5, 0.6) is 28.7 Å². The van der Waals surface area contributed by atoms with Crippen molar-refractivity contribution in [3.8, 4) is 28.7 Å². The van der Waals surface area contributed by atoms with Gasteiger partial charge in [-0.2, -0.15) is 5.10 Å². The van der Waals surface area contributed by atoms with Crippen molar-refractivity contribution in [2.45, 2.75) is 18.9 Å². The summed E-state index contributed by atoms with van der Waals surface area (Å²) in [6.45, 7) is 0.379. The maximum atomic E-state index is 12.8. The normalized spacial score (nSPS) is 18.3. The van der Waals surface area contributed by atoms with Crippen molar-refractivity contribution >= 4 is 17.2 Å². The molecule has 0 saturated heterocycles. The number of ether oxygens (including phenoxy) is 4. The number of carbonyl (C=O) groups is 1. The molecule has 8 heteroatoms. The zero-order valence-electron chi connectivity index (χ0n) is 20.9. The molecule has 3 aromatic rings. The molecule has 0 spiro atoms. The van der Waals surface area contributed by atoms with Gasteiger partial charge in [0.15, 0.2) is 11.5 Å². The lowest BCUT2D eigenvalue weighted by Crippen LogP contribution is -2.31. The van der Waals surface area contributed by atoms with Crippen LogP contribution in [0.2, 0.25) is 0 Å². The molecule has 1 heterocycles. The summed E-state index contributed by atoms with van der Waals surface area (Å²) in [5.41, 5.74) is 6.50. The molecule has 1 amide bonds. The van der Waals surface area contributed by atoms with Crippen molar-refractivity contribution in [2.24, 2.45) is 11.0 Å². The van der Waals surface area contributed by atoms with E-state index in [1.165, 1.54) is 7.11 Å². The average Bonchev–Trinajstić information content (AvgIpc) is 3.31. The molecule has 190 valence electrons. The summed E-state index contributed by atoms with van der Waals surface area (Å²) in [5.74, 6) is 1.28. The highest BCUT2D eigenvalue weighted by Crippen LogP contribution is 2.48. The molecule has 2 aliphatic rings. The van der Waals surface area contributed by atoms with Gasteiger partial charge >= 0.3 is 0 Å². The number of hydrogen-bond acceptors (Lipinski definition) is 7. The molecule has 3 aromatic carbocycles. The van der Waals surface area contributed by atoms with Crippen LogP contribution in [0.1, 0.15) is 29.0 Å². The van der Waals surface area contributed by atoms with Crippen LogP contribution in [0.25, 0.3) is 5.57 Å². The van der Waals surface area contributed by atoms with Crippen molar-refractivity contribution in [3.05, 3.63) is 83.4 Å². The van der Waals surface area contributed by atoms with Crippen LogP contribution in [-0.2, 0) is 11.4 Å². The van der Waals surface area contributed by atoms with E-state index in [-0.39, 0.29) is 17.6 Å². The number of rotatable bonds is 8. The van der Waals surface area contributed by atoms with Crippen molar-refractivity contribution in [3.63, 3.8) is 0 Å². The van der Waals surface area contributed by atoms with Crippen LogP contribution < -0.4 is 24.4 Å². The Morgan fingerprint density at radius 2 is 1.73 bits per heavy atom. The monoisotopic (exact) mass is 500 g/mol. The molecule has 5 rings (SSSR count). The van der Waals surface area contributed by atoms with E-state index in [4.69, 9.17) is 18.9 Å². The number of benzene rings is 3. The van der Waals surface area contributed by atoms with Crippen molar-refractivity contribution in [1.29, 1.82) is 0 Å². The van der Waals surface area contributed by atoms with E-state index in [0.29, 0.717) is 47.3 Å². The Balaban J connectivity index is 1.52. The van der Waals surface area contributed by atoms with Gasteiger partial charge in [0.25, 0.3) is 0 Å². The quantitative estimate of drug-likeness (QED) is 0.467. The molecule has 0 bridgehead atoms. The van der Waals surface area contributed by atoms with Crippen molar-refractivity contribution in [1.82, 2.24) is 5.43 Å². The van der Waals surface area contributed by atoms with Gasteiger partial charge in [-0.15, -0.1) is 0 Å². The highest BCUT2D eigenvalue weighted by atomic mass is 16.5. The molecule has 8 nitrogen and oxygen atoms in total. The molecule has 2 atom stereocenters. The Bertz CT molecular complexity index is 1380. The predicted octanol–water partition coefficient (Wildman–Crippen LogP) is 4.67. The topological polar surface area (TPSA) is 98.6 Å². The zero-order valence-corrected chi connectivity index (χ0v) is 20.9. The summed E-state index contributed by atoms with van der Waals surface area (Å²) < 4.78 is 22.5. The molecular weight excluding hydrogens is 472 g/mol. The molecule has 2 unspecified atom stereocenters. The van der Waals surface area contributed by atoms with E-state index in [9.17, 15) is 9.90 Å². The Morgan fingerprint density at radius 1 is 0.946 bits per heavy atom. The number of methoxy groups -OCH3 is 3. The van der Waals surface area contributed by atoms with Gasteiger partial charge in [-0.25, -0.2) is 5.43 Å². The molecule has 1 aliphatic heterocycles. The number of phenols is 1. The molecule has 0 radical (unpaired) electrons. The minimum Gasteiger partial charge on any atom is -0.507 e. The minimum absolute atomic E-state index is 0.0270. The highest BCUT2D eigenvalue weighted by Gasteiger charge is 2.41. The van der Waals surface area contributed by atoms with Gasteiger partial charge in [-0.05, 0) is 41.3 Å². The van der Waals surface area contributed by atoms with Crippen molar-refractivity contribution < 1.29 is 28.8 Å². The number of carbonyl (C=O) groups excluding carboxylic acids is 1. The maximum Gasteiger partial charge on any atom is 0.249 e. The lowest BCUT2D eigenvalue weighted by molar-refractivity contribution is -0.122. The summed E-state index contributed by atoms with van der Waals surface area (Å²) in [4.78, 5) is 12.8. The molecule has 0 saturated carbocycles. The Labute approximate surface area is 215 Å². The predicted molar refractivity (Wildman–Crippen MR) is 139 cm³/mol. The molecule has 37 heavy (non-hydrogen) atoms. The summed E-state index contributed by atoms with van der Waals surface area (Å²) in [5, 5.41) is 15.1. The highest BCUT2D eigenvalue weighted by molar-refractivity contribution is 6.18. The molecule has 2 N–H and O–H groups in total. The standard InChI is InChI=1S/C29H28N2O6/c1-34-20-14-23(32)27(26(15-20)36-3)19-11-21(28-22(12-19)30-31-29(28)33)18-9-10-24(35-2)25(13-18)37-16-17-7-5-4-6-8-17/h4-10,12-15,21,28,32H,11,16H2,1-3H3,(H,31,33). The van der Waals surface area contributed by atoms with E-state index >= 15 is 0 Å². The smallest absolute Gasteiger partial charge is 0.249 e. The van der Waals surface area contributed by atoms with E-state index in [0.717, 1.165) is 16.7 Å². The van der Waals surface area contributed by atoms with Crippen LogP contribution in [-0.4, -0.2) is 38.1 Å². The first-order valence-electron chi connectivity index (χ1n) is 11.9. The van der Waals surface area contributed by atoms with Gasteiger partial charge in [0.2, 0.25) is 5.91 Å². The first-order valence-corrected chi connectivity index (χ1v) is 11.9. The molecule has 0 fully saturated rings. The summed E-state index contributed by atoms with van der Waals surface area (Å²) >= 11 is 0. The molecule has 0 aromatic heterocycles. The number of hydrazone groups is 1. The number of aromatic hydroxyl groups is 1. The summed E-state index contributed by atoms with van der Waals surface area (Å²) in [7, 11) is 4.67. The number of nitrogens with zero attached hydrogens (tertiary/aromatic N) is 1. The summed E-state index contributed by atoms with van der Waals surface area (Å²) in [6.07, 6.45) is 2.32. The number of hydrogen-bond donors (Lipinski definition) is 2. The van der Waals surface area contributed by atoms with Crippen LogP contribution in [0.3, 0.4) is 0 Å². The number of nitrogens with one attached hydrogen (secondary N) is 1.